The highest BCUT2D eigenvalue weighted by Gasteiger charge is 2.18. The Bertz CT molecular complexity index is 433. The summed E-state index contributed by atoms with van der Waals surface area (Å²) in [6, 6.07) is 0. The molecule has 0 amide bonds. The standard InChI is InChI=1S/C17H29N3O/c1-3-20-14-19-13-17(20)11-16(12-18-9-10-21-2)15-7-5-4-6-8-15/h11,13-15,18H,3-10,12H2,1-2H3/b16-11-. The zero-order valence-corrected chi connectivity index (χ0v) is 13.5. The van der Waals surface area contributed by atoms with E-state index in [1.807, 2.05) is 12.5 Å². The van der Waals surface area contributed by atoms with Crippen LogP contribution in [-0.2, 0) is 11.3 Å². The Kier molecular flexibility index (Phi) is 6.96. The zero-order chi connectivity index (χ0) is 14.9. The van der Waals surface area contributed by atoms with Crippen molar-refractivity contribution in [1.82, 2.24) is 14.9 Å². The Morgan fingerprint density at radius 2 is 2.24 bits per heavy atom. The van der Waals surface area contributed by atoms with Crippen molar-refractivity contribution in [2.45, 2.75) is 45.6 Å². The van der Waals surface area contributed by atoms with Crippen LogP contribution in [0.1, 0.15) is 44.7 Å². The van der Waals surface area contributed by atoms with Crippen molar-refractivity contribution in [2.24, 2.45) is 5.92 Å². The molecule has 0 aliphatic heterocycles. The molecule has 1 aromatic heterocycles. The molecule has 1 N–H and O–H groups in total. The number of nitrogens with one attached hydrogen (secondary N) is 1. The molecule has 0 saturated heterocycles. The van der Waals surface area contributed by atoms with E-state index >= 15 is 0 Å². The predicted octanol–water partition coefficient (Wildman–Crippen LogP) is 3.10. The van der Waals surface area contributed by atoms with Crippen LogP contribution in [-0.4, -0.2) is 36.4 Å². The minimum absolute atomic E-state index is 0.731. The average Bonchev–Trinajstić information content (AvgIpc) is 2.98. The van der Waals surface area contributed by atoms with Crippen LogP contribution in [0.5, 0.6) is 0 Å². The molecular weight excluding hydrogens is 262 g/mol. The SMILES string of the molecule is CCn1cncc1/C=C(/CNCCOC)C1CCCCC1. The first-order chi connectivity index (χ1) is 10.3. The predicted molar refractivity (Wildman–Crippen MR) is 87.2 cm³/mol. The fraction of sp³-hybridized carbons (Fsp3) is 0.706. The summed E-state index contributed by atoms with van der Waals surface area (Å²) in [6.45, 7) is 5.78. The number of aromatic nitrogens is 2. The third-order valence-electron chi connectivity index (χ3n) is 4.36. The van der Waals surface area contributed by atoms with Crippen LogP contribution in [0.15, 0.2) is 18.1 Å². The number of hydrogen-bond acceptors (Lipinski definition) is 3. The summed E-state index contributed by atoms with van der Waals surface area (Å²) < 4.78 is 7.32. The fourth-order valence-corrected chi connectivity index (χ4v) is 3.10. The van der Waals surface area contributed by atoms with E-state index in [1.165, 1.54) is 43.4 Å². The molecule has 0 atom stereocenters. The van der Waals surface area contributed by atoms with Crippen LogP contribution in [0, 0.1) is 5.92 Å². The van der Waals surface area contributed by atoms with Gasteiger partial charge in [0.25, 0.3) is 0 Å². The molecule has 4 nitrogen and oxygen atoms in total. The summed E-state index contributed by atoms with van der Waals surface area (Å²) in [5.74, 6) is 0.731. The highest BCUT2D eigenvalue weighted by Crippen LogP contribution is 2.30. The van der Waals surface area contributed by atoms with Gasteiger partial charge in [0.2, 0.25) is 0 Å². The molecule has 0 spiro atoms. The lowest BCUT2D eigenvalue weighted by Crippen LogP contribution is -2.25. The summed E-state index contributed by atoms with van der Waals surface area (Å²) in [6.07, 6.45) is 13.0. The van der Waals surface area contributed by atoms with Crippen LogP contribution in [0.3, 0.4) is 0 Å². The monoisotopic (exact) mass is 291 g/mol. The zero-order valence-electron chi connectivity index (χ0n) is 13.5. The highest BCUT2D eigenvalue weighted by atomic mass is 16.5. The number of nitrogens with zero attached hydrogens (tertiary/aromatic N) is 2. The highest BCUT2D eigenvalue weighted by molar-refractivity contribution is 5.50. The van der Waals surface area contributed by atoms with Gasteiger partial charge in [-0.25, -0.2) is 4.98 Å². The van der Waals surface area contributed by atoms with Gasteiger partial charge in [-0.15, -0.1) is 0 Å². The topological polar surface area (TPSA) is 39.1 Å². The Labute approximate surface area is 128 Å². The molecule has 1 aliphatic rings. The fourth-order valence-electron chi connectivity index (χ4n) is 3.10. The molecule has 2 rings (SSSR count). The van der Waals surface area contributed by atoms with Crippen molar-refractivity contribution in [3.8, 4) is 0 Å². The quantitative estimate of drug-likeness (QED) is 0.748. The first-order valence-corrected chi connectivity index (χ1v) is 8.25. The molecule has 0 radical (unpaired) electrons. The maximum Gasteiger partial charge on any atom is 0.0950 e. The summed E-state index contributed by atoms with van der Waals surface area (Å²) in [4.78, 5) is 4.28. The number of hydrogen-bond donors (Lipinski definition) is 1. The minimum Gasteiger partial charge on any atom is -0.383 e. The van der Waals surface area contributed by atoms with E-state index in [0.29, 0.717) is 0 Å². The molecule has 118 valence electrons. The van der Waals surface area contributed by atoms with Gasteiger partial charge in [-0.05, 0) is 31.8 Å². The Balaban J connectivity index is 2.06. The van der Waals surface area contributed by atoms with E-state index in [-0.39, 0.29) is 0 Å². The van der Waals surface area contributed by atoms with Gasteiger partial charge in [0.1, 0.15) is 0 Å². The van der Waals surface area contributed by atoms with Crippen molar-refractivity contribution in [3.63, 3.8) is 0 Å². The van der Waals surface area contributed by atoms with Crippen molar-refractivity contribution in [1.29, 1.82) is 0 Å². The molecule has 0 unspecified atom stereocenters. The first-order valence-electron chi connectivity index (χ1n) is 8.25. The maximum absolute atomic E-state index is 5.12. The largest absolute Gasteiger partial charge is 0.383 e. The normalized spacial score (nSPS) is 17.3. The molecule has 1 heterocycles. The number of aryl methyl sites for hydroxylation is 1. The van der Waals surface area contributed by atoms with E-state index in [4.69, 9.17) is 4.74 Å². The van der Waals surface area contributed by atoms with Crippen LogP contribution in [0.2, 0.25) is 0 Å². The number of methoxy groups -OCH3 is 1. The average molecular weight is 291 g/mol. The van der Waals surface area contributed by atoms with E-state index in [0.717, 1.165) is 32.2 Å². The molecule has 4 heteroatoms. The van der Waals surface area contributed by atoms with E-state index in [1.54, 1.807) is 7.11 Å². The Morgan fingerprint density at radius 1 is 1.43 bits per heavy atom. The van der Waals surface area contributed by atoms with Gasteiger partial charge in [0.15, 0.2) is 0 Å². The van der Waals surface area contributed by atoms with Gasteiger partial charge in [-0.2, -0.15) is 0 Å². The number of rotatable bonds is 8. The molecule has 1 aliphatic carbocycles. The minimum atomic E-state index is 0.731. The van der Waals surface area contributed by atoms with Gasteiger partial charge in [-0.3, -0.25) is 0 Å². The van der Waals surface area contributed by atoms with Crippen molar-refractivity contribution in [3.05, 3.63) is 23.8 Å². The molecule has 21 heavy (non-hydrogen) atoms. The van der Waals surface area contributed by atoms with Crippen LogP contribution < -0.4 is 5.32 Å². The first kappa shape index (κ1) is 16.2. The lowest BCUT2D eigenvalue weighted by atomic mass is 9.83. The molecule has 0 aromatic carbocycles. The lowest BCUT2D eigenvalue weighted by molar-refractivity contribution is 0.200. The molecule has 1 saturated carbocycles. The smallest absolute Gasteiger partial charge is 0.0950 e. The molecular formula is C17H29N3O. The summed E-state index contributed by atoms with van der Waals surface area (Å²) in [5.41, 5.74) is 2.76. The third-order valence-corrected chi connectivity index (χ3v) is 4.36. The summed E-state index contributed by atoms with van der Waals surface area (Å²) >= 11 is 0. The maximum atomic E-state index is 5.12. The lowest BCUT2D eigenvalue weighted by Gasteiger charge is -2.25. The van der Waals surface area contributed by atoms with Crippen LogP contribution in [0.4, 0.5) is 0 Å². The van der Waals surface area contributed by atoms with E-state index in [9.17, 15) is 0 Å². The van der Waals surface area contributed by atoms with Crippen molar-refractivity contribution < 1.29 is 4.74 Å². The molecule has 0 bridgehead atoms. The Hall–Kier alpha value is -1.13. The van der Waals surface area contributed by atoms with E-state index < -0.39 is 0 Å². The second-order valence-corrected chi connectivity index (χ2v) is 5.83. The van der Waals surface area contributed by atoms with Crippen molar-refractivity contribution in [2.75, 3.05) is 26.8 Å². The molecule has 1 fully saturated rings. The van der Waals surface area contributed by atoms with Crippen molar-refractivity contribution >= 4 is 6.08 Å². The number of imidazole rings is 1. The Morgan fingerprint density at radius 3 is 2.95 bits per heavy atom. The summed E-state index contributed by atoms with van der Waals surface area (Å²) in [7, 11) is 1.75. The van der Waals surface area contributed by atoms with Gasteiger partial charge >= 0.3 is 0 Å². The third kappa shape index (κ3) is 4.97. The van der Waals surface area contributed by atoms with Gasteiger partial charge in [0.05, 0.1) is 24.8 Å². The van der Waals surface area contributed by atoms with E-state index in [2.05, 4.69) is 27.9 Å². The number of ether oxygens (including phenoxy) is 1. The van der Waals surface area contributed by atoms with Crippen LogP contribution in [0.25, 0.3) is 6.08 Å². The second-order valence-electron chi connectivity index (χ2n) is 5.83. The van der Waals surface area contributed by atoms with Gasteiger partial charge in [0, 0.05) is 26.7 Å². The van der Waals surface area contributed by atoms with Crippen LogP contribution >= 0.6 is 0 Å². The second kappa shape index (κ2) is 9.00. The van der Waals surface area contributed by atoms with Gasteiger partial charge in [-0.1, -0.05) is 24.8 Å². The van der Waals surface area contributed by atoms with Gasteiger partial charge < -0.3 is 14.6 Å². The molecule has 1 aromatic rings. The summed E-state index contributed by atoms with van der Waals surface area (Å²) in [5, 5.41) is 3.51.